The normalized spacial score (nSPS) is 19.2. The average molecular weight is 306 g/mol. The molecule has 1 amide bonds. The van der Waals surface area contributed by atoms with E-state index in [1.54, 1.807) is 12.4 Å². The fourth-order valence-corrected chi connectivity index (χ4v) is 2.67. The van der Waals surface area contributed by atoms with Crippen molar-refractivity contribution in [2.75, 3.05) is 30.3 Å². The minimum atomic E-state index is -0.470. The third-order valence-electron chi connectivity index (χ3n) is 3.75. The van der Waals surface area contributed by atoms with E-state index in [1.165, 1.54) is 0 Å². The Morgan fingerprint density at radius 3 is 2.77 bits per heavy atom. The molecule has 0 saturated carbocycles. The van der Waals surface area contributed by atoms with E-state index in [2.05, 4.69) is 16.8 Å². The number of anilines is 2. The topological polar surface area (TPSA) is 71.7 Å². The molecule has 1 saturated heterocycles. The molecule has 122 valence electrons. The summed E-state index contributed by atoms with van der Waals surface area (Å²) in [6.07, 6.45) is 4.05. The van der Waals surface area contributed by atoms with E-state index in [-0.39, 0.29) is 12.1 Å². The molecule has 2 heterocycles. The predicted molar refractivity (Wildman–Crippen MR) is 87.9 cm³/mol. The highest BCUT2D eigenvalue weighted by molar-refractivity contribution is 5.70. The third kappa shape index (κ3) is 3.81. The molecule has 0 spiro atoms. The Hall–Kier alpha value is -1.98. The van der Waals surface area contributed by atoms with Crippen LogP contribution >= 0.6 is 0 Å². The maximum absolute atomic E-state index is 12.3. The maximum Gasteiger partial charge on any atom is 0.410 e. The number of piperazine rings is 1. The summed E-state index contributed by atoms with van der Waals surface area (Å²) in [5.41, 5.74) is 7.19. The quantitative estimate of drug-likeness (QED) is 0.909. The predicted octanol–water partition coefficient (Wildman–Crippen LogP) is 2.50. The van der Waals surface area contributed by atoms with Gasteiger partial charge in [-0.2, -0.15) is 0 Å². The van der Waals surface area contributed by atoms with Crippen LogP contribution in [0.2, 0.25) is 0 Å². The van der Waals surface area contributed by atoms with Gasteiger partial charge >= 0.3 is 6.09 Å². The number of nitrogen functional groups attached to an aromatic ring is 1. The van der Waals surface area contributed by atoms with Crippen molar-refractivity contribution in [3.8, 4) is 0 Å². The highest BCUT2D eigenvalue weighted by Gasteiger charge is 2.32. The monoisotopic (exact) mass is 306 g/mol. The first-order valence-corrected chi connectivity index (χ1v) is 7.76. The van der Waals surface area contributed by atoms with Crippen LogP contribution in [0.15, 0.2) is 18.5 Å². The van der Waals surface area contributed by atoms with E-state index in [0.29, 0.717) is 12.2 Å². The number of ether oxygens (including phenoxy) is 1. The minimum absolute atomic E-state index is 0.121. The number of nitrogens with zero attached hydrogens (tertiary/aromatic N) is 3. The first-order chi connectivity index (χ1) is 10.3. The maximum atomic E-state index is 12.3. The molecule has 0 bridgehead atoms. The fraction of sp³-hybridized carbons (Fsp3) is 0.625. The second kappa shape index (κ2) is 6.42. The summed E-state index contributed by atoms with van der Waals surface area (Å²) in [5.74, 6) is 0. The van der Waals surface area contributed by atoms with Gasteiger partial charge in [0.1, 0.15) is 5.60 Å². The van der Waals surface area contributed by atoms with Gasteiger partial charge in [0.2, 0.25) is 0 Å². The Morgan fingerprint density at radius 2 is 2.18 bits per heavy atom. The van der Waals surface area contributed by atoms with Crippen molar-refractivity contribution >= 4 is 17.5 Å². The first kappa shape index (κ1) is 16.4. The van der Waals surface area contributed by atoms with Crippen molar-refractivity contribution in [1.82, 2.24) is 9.88 Å². The Kier molecular flexibility index (Phi) is 4.78. The first-order valence-electron chi connectivity index (χ1n) is 7.76. The van der Waals surface area contributed by atoms with Gasteiger partial charge in [0, 0.05) is 25.8 Å². The number of aromatic nitrogens is 1. The van der Waals surface area contributed by atoms with Crippen molar-refractivity contribution in [3.05, 3.63) is 18.5 Å². The highest BCUT2D eigenvalue weighted by Crippen LogP contribution is 2.26. The van der Waals surface area contributed by atoms with Crippen LogP contribution in [0.5, 0.6) is 0 Å². The molecule has 6 heteroatoms. The molecule has 1 aliphatic heterocycles. The van der Waals surface area contributed by atoms with Gasteiger partial charge in [-0.3, -0.25) is 4.98 Å². The van der Waals surface area contributed by atoms with Crippen LogP contribution in [0.4, 0.5) is 16.2 Å². The van der Waals surface area contributed by atoms with Gasteiger partial charge in [-0.15, -0.1) is 0 Å². The van der Waals surface area contributed by atoms with Crippen molar-refractivity contribution < 1.29 is 9.53 Å². The molecule has 0 unspecified atom stereocenters. The molecule has 22 heavy (non-hydrogen) atoms. The van der Waals surface area contributed by atoms with Crippen molar-refractivity contribution in [2.24, 2.45) is 0 Å². The number of pyridine rings is 1. The molecule has 0 aromatic carbocycles. The number of hydrogen-bond donors (Lipinski definition) is 1. The Balaban J connectivity index is 2.09. The summed E-state index contributed by atoms with van der Waals surface area (Å²) in [5, 5.41) is 0. The van der Waals surface area contributed by atoms with Crippen LogP contribution in [0.25, 0.3) is 0 Å². The molecule has 1 atom stereocenters. The molecule has 2 rings (SSSR count). The number of carbonyl (C=O) groups excluding carboxylic acids is 1. The molecular weight excluding hydrogens is 280 g/mol. The number of amides is 1. The van der Waals surface area contributed by atoms with E-state index in [0.717, 1.165) is 25.2 Å². The van der Waals surface area contributed by atoms with Crippen LogP contribution < -0.4 is 10.6 Å². The summed E-state index contributed by atoms with van der Waals surface area (Å²) in [7, 11) is 0. The summed E-state index contributed by atoms with van der Waals surface area (Å²) < 4.78 is 5.51. The van der Waals surface area contributed by atoms with Crippen LogP contribution in [-0.4, -0.2) is 47.3 Å². The van der Waals surface area contributed by atoms with Gasteiger partial charge in [0.25, 0.3) is 0 Å². The molecule has 1 aromatic rings. The van der Waals surface area contributed by atoms with E-state index in [9.17, 15) is 4.79 Å². The zero-order valence-electron chi connectivity index (χ0n) is 13.9. The standard InChI is InChI=1S/C16H26N4O2/c1-5-12-11-19(14-6-7-18-10-13(14)17)8-9-20(12)15(21)22-16(2,3)4/h6-7,10,12H,5,8-9,11,17H2,1-4H3/t12-/m0/s1. The third-order valence-corrected chi connectivity index (χ3v) is 3.75. The Morgan fingerprint density at radius 1 is 1.45 bits per heavy atom. The molecule has 0 aliphatic carbocycles. The summed E-state index contributed by atoms with van der Waals surface area (Å²) in [6, 6.07) is 2.04. The summed E-state index contributed by atoms with van der Waals surface area (Å²) in [6.45, 7) is 9.88. The lowest BCUT2D eigenvalue weighted by molar-refractivity contribution is 0.0137. The highest BCUT2D eigenvalue weighted by atomic mass is 16.6. The van der Waals surface area contributed by atoms with Crippen molar-refractivity contribution in [2.45, 2.75) is 45.8 Å². The smallest absolute Gasteiger partial charge is 0.410 e. The van der Waals surface area contributed by atoms with Crippen LogP contribution in [0.1, 0.15) is 34.1 Å². The zero-order chi connectivity index (χ0) is 16.3. The molecule has 2 N–H and O–H groups in total. The minimum Gasteiger partial charge on any atom is -0.444 e. The number of rotatable bonds is 2. The fourth-order valence-electron chi connectivity index (χ4n) is 2.67. The van der Waals surface area contributed by atoms with Gasteiger partial charge in [-0.05, 0) is 33.3 Å². The van der Waals surface area contributed by atoms with E-state index in [4.69, 9.17) is 10.5 Å². The molecule has 6 nitrogen and oxygen atoms in total. The molecule has 1 aromatic heterocycles. The average Bonchev–Trinajstić information content (AvgIpc) is 2.45. The van der Waals surface area contributed by atoms with Gasteiger partial charge in [0.05, 0.1) is 23.6 Å². The Labute approximate surface area is 132 Å². The van der Waals surface area contributed by atoms with Crippen molar-refractivity contribution in [3.63, 3.8) is 0 Å². The second-order valence-corrected chi connectivity index (χ2v) is 6.62. The molecule has 1 fully saturated rings. The zero-order valence-corrected chi connectivity index (χ0v) is 13.9. The van der Waals surface area contributed by atoms with Gasteiger partial charge in [-0.1, -0.05) is 6.92 Å². The lowest BCUT2D eigenvalue weighted by Crippen LogP contribution is -2.56. The van der Waals surface area contributed by atoms with E-state index >= 15 is 0 Å². The van der Waals surface area contributed by atoms with Crippen LogP contribution in [0.3, 0.4) is 0 Å². The summed E-state index contributed by atoms with van der Waals surface area (Å²) >= 11 is 0. The van der Waals surface area contributed by atoms with E-state index < -0.39 is 5.60 Å². The lowest BCUT2D eigenvalue weighted by atomic mass is 10.1. The van der Waals surface area contributed by atoms with Crippen LogP contribution in [-0.2, 0) is 4.74 Å². The number of hydrogen-bond acceptors (Lipinski definition) is 5. The van der Waals surface area contributed by atoms with Crippen molar-refractivity contribution in [1.29, 1.82) is 0 Å². The summed E-state index contributed by atoms with van der Waals surface area (Å²) in [4.78, 5) is 20.4. The number of nitrogens with two attached hydrogens (primary N) is 1. The number of carbonyl (C=O) groups is 1. The lowest BCUT2D eigenvalue weighted by Gasteiger charge is -2.42. The molecular formula is C16H26N4O2. The SMILES string of the molecule is CC[C@H]1CN(c2ccncc2N)CCN1C(=O)OC(C)(C)C. The second-order valence-electron chi connectivity index (χ2n) is 6.62. The molecule has 1 aliphatic rings. The largest absolute Gasteiger partial charge is 0.444 e. The molecule has 0 radical (unpaired) electrons. The van der Waals surface area contributed by atoms with Gasteiger partial charge < -0.3 is 20.3 Å². The van der Waals surface area contributed by atoms with E-state index in [1.807, 2.05) is 31.7 Å². The Bertz CT molecular complexity index is 527. The van der Waals surface area contributed by atoms with Crippen LogP contribution in [0, 0.1) is 0 Å². The van der Waals surface area contributed by atoms with Gasteiger partial charge in [-0.25, -0.2) is 4.79 Å². The van der Waals surface area contributed by atoms with Gasteiger partial charge in [0.15, 0.2) is 0 Å².